The summed E-state index contributed by atoms with van der Waals surface area (Å²) >= 11 is 3.19. The van der Waals surface area contributed by atoms with Crippen molar-refractivity contribution in [2.75, 3.05) is 5.32 Å². The van der Waals surface area contributed by atoms with E-state index in [9.17, 15) is 14.0 Å². The molecule has 3 aromatic carbocycles. The topological polar surface area (TPSA) is 55.4 Å². The van der Waals surface area contributed by atoms with Crippen molar-refractivity contribution in [3.63, 3.8) is 0 Å². The van der Waals surface area contributed by atoms with Crippen LogP contribution in [0.5, 0.6) is 5.75 Å². The number of hydrogen-bond donors (Lipinski definition) is 1. The zero-order valence-corrected chi connectivity index (χ0v) is 15.0. The number of carbonyl (C=O) groups excluding carboxylic acids is 2. The molecule has 4 nitrogen and oxygen atoms in total. The predicted molar refractivity (Wildman–Crippen MR) is 99.9 cm³/mol. The van der Waals surface area contributed by atoms with Crippen LogP contribution in [0.15, 0.2) is 77.3 Å². The lowest BCUT2D eigenvalue weighted by Gasteiger charge is -2.08. The van der Waals surface area contributed by atoms with E-state index in [1.165, 1.54) is 12.1 Å². The third-order valence-electron chi connectivity index (χ3n) is 3.51. The summed E-state index contributed by atoms with van der Waals surface area (Å²) in [6.45, 7) is 0. The fourth-order valence-electron chi connectivity index (χ4n) is 2.22. The largest absolute Gasteiger partial charge is 0.423 e. The summed E-state index contributed by atoms with van der Waals surface area (Å²) in [5, 5.41) is 2.75. The lowest BCUT2D eigenvalue weighted by atomic mass is 10.2. The fourth-order valence-corrected chi connectivity index (χ4v) is 2.62. The summed E-state index contributed by atoms with van der Waals surface area (Å²) in [5.74, 6) is -1.17. The third-order valence-corrected chi connectivity index (χ3v) is 4.20. The molecule has 0 saturated heterocycles. The molecule has 0 aliphatic carbocycles. The number of nitrogens with one attached hydrogen (secondary N) is 1. The summed E-state index contributed by atoms with van der Waals surface area (Å²) in [6.07, 6.45) is 0. The van der Waals surface area contributed by atoms with Crippen molar-refractivity contribution in [1.29, 1.82) is 0 Å². The summed E-state index contributed by atoms with van der Waals surface area (Å²) in [6, 6.07) is 18.9. The second kappa shape index (κ2) is 7.93. The van der Waals surface area contributed by atoms with Crippen LogP contribution in [0.4, 0.5) is 10.1 Å². The molecule has 26 heavy (non-hydrogen) atoms. The maximum absolute atomic E-state index is 13.3. The molecule has 130 valence electrons. The first-order valence-electron chi connectivity index (χ1n) is 7.66. The van der Waals surface area contributed by atoms with Gasteiger partial charge in [-0.05, 0) is 70.5 Å². The first-order valence-corrected chi connectivity index (χ1v) is 8.46. The van der Waals surface area contributed by atoms with Crippen LogP contribution in [-0.2, 0) is 0 Å². The van der Waals surface area contributed by atoms with Crippen molar-refractivity contribution < 1.29 is 18.7 Å². The van der Waals surface area contributed by atoms with Crippen molar-refractivity contribution >= 4 is 33.5 Å². The first-order chi connectivity index (χ1) is 12.5. The summed E-state index contributed by atoms with van der Waals surface area (Å²) in [7, 11) is 0. The van der Waals surface area contributed by atoms with E-state index >= 15 is 0 Å². The van der Waals surface area contributed by atoms with Crippen molar-refractivity contribution in [2.45, 2.75) is 0 Å². The third kappa shape index (κ3) is 4.34. The van der Waals surface area contributed by atoms with Crippen molar-refractivity contribution in [3.8, 4) is 5.75 Å². The smallest absolute Gasteiger partial charge is 0.344 e. The number of esters is 1. The Balaban J connectivity index is 1.67. The molecule has 3 aromatic rings. The Morgan fingerprint density at radius 3 is 2.31 bits per heavy atom. The van der Waals surface area contributed by atoms with Crippen LogP contribution >= 0.6 is 15.9 Å². The van der Waals surface area contributed by atoms with Crippen LogP contribution in [0.2, 0.25) is 0 Å². The fraction of sp³-hybridized carbons (Fsp3) is 0. The molecular weight excluding hydrogens is 401 g/mol. The quantitative estimate of drug-likeness (QED) is 0.480. The molecule has 0 spiro atoms. The van der Waals surface area contributed by atoms with Gasteiger partial charge < -0.3 is 10.1 Å². The molecule has 0 aliphatic heterocycles. The van der Waals surface area contributed by atoms with E-state index < -0.39 is 11.8 Å². The molecule has 0 heterocycles. The van der Waals surface area contributed by atoms with Gasteiger partial charge in [0.05, 0.1) is 5.56 Å². The van der Waals surface area contributed by atoms with Crippen LogP contribution in [-0.4, -0.2) is 11.9 Å². The van der Waals surface area contributed by atoms with Crippen LogP contribution < -0.4 is 10.1 Å². The van der Waals surface area contributed by atoms with Crippen LogP contribution in [0.25, 0.3) is 0 Å². The summed E-state index contributed by atoms with van der Waals surface area (Å²) in [4.78, 5) is 24.2. The highest BCUT2D eigenvalue weighted by Gasteiger charge is 2.14. The maximum Gasteiger partial charge on any atom is 0.344 e. The molecule has 0 aliphatic rings. The molecule has 0 saturated carbocycles. The van der Waals surface area contributed by atoms with E-state index in [0.29, 0.717) is 15.7 Å². The second-order valence-corrected chi connectivity index (χ2v) is 6.21. The van der Waals surface area contributed by atoms with Crippen molar-refractivity contribution in [1.82, 2.24) is 0 Å². The summed E-state index contributed by atoms with van der Waals surface area (Å²) in [5.41, 5.74) is 1.19. The van der Waals surface area contributed by atoms with Gasteiger partial charge in [-0.15, -0.1) is 0 Å². The van der Waals surface area contributed by atoms with E-state index in [1.54, 1.807) is 48.5 Å². The van der Waals surface area contributed by atoms with Crippen LogP contribution in [0, 0.1) is 5.82 Å². The van der Waals surface area contributed by atoms with Gasteiger partial charge >= 0.3 is 5.97 Å². The molecule has 1 amide bonds. The molecule has 0 radical (unpaired) electrons. The van der Waals surface area contributed by atoms with E-state index in [2.05, 4.69) is 21.2 Å². The average Bonchev–Trinajstić information content (AvgIpc) is 2.66. The Morgan fingerprint density at radius 1 is 0.923 bits per heavy atom. The highest BCUT2D eigenvalue weighted by Crippen LogP contribution is 2.22. The Bertz CT molecular complexity index is 943. The van der Waals surface area contributed by atoms with Gasteiger partial charge in [0.1, 0.15) is 11.6 Å². The Kier molecular flexibility index (Phi) is 5.43. The number of carbonyl (C=O) groups is 2. The number of rotatable bonds is 4. The monoisotopic (exact) mass is 413 g/mol. The van der Waals surface area contributed by atoms with Gasteiger partial charge in [-0.2, -0.15) is 0 Å². The molecule has 6 heteroatoms. The minimum atomic E-state index is -0.683. The van der Waals surface area contributed by atoms with Gasteiger partial charge in [-0.3, -0.25) is 4.79 Å². The number of hydrogen-bond acceptors (Lipinski definition) is 3. The minimum Gasteiger partial charge on any atom is -0.423 e. The van der Waals surface area contributed by atoms with Gasteiger partial charge in [0.15, 0.2) is 0 Å². The standard InChI is InChI=1S/C20H13BrFNO3/c21-18-11-6-14(22)12-17(18)20(25)26-16-9-7-15(8-10-16)23-19(24)13-4-2-1-3-5-13/h1-12H,(H,23,24). The van der Waals surface area contributed by atoms with Gasteiger partial charge in [-0.1, -0.05) is 18.2 Å². The molecule has 0 unspecified atom stereocenters. The lowest BCUT2D eigenvalue weighted by Crippen LogP contribution is -2.12. The number of amides is 1. The minimum absolute atomic E-state index is 0.0893. The predicted octanol–water partition coefficient (Wildman–Crippen LogP) is 5.06. The Morgan fingerprint density at radius 2 is 1.62 bits per heavy atom. The SMILES string of the molecule is O=C(Nc1ccc(OC(=O)c2cc(F)ccc2Br)cc1)c1ccccc1. The zero-order chi connectivity index (χ0) is 18.5. The summed E-state index contributed by atoms with van der Waals surface area (Å²) < 4.78 is 19.0. The molecule has 0 atom stereocenters. The number of halogens is 2. The lowest BCUT2D eigenvalue weighted by molar-refractivity contribution is 0.0733. The highest BCUT2D eigenvalue weighted by atomic mass is 79.9. The normalized spacial score (nSPS) is 10.2. The number of anilines is 1. The molecule has 0 fully saturated rings. The van der Waals surface area contributed by atoms with Gasteiger partial charge in [0.25, 0.3) is 5.91 Å². The molecule has 0 aromatic heterocycles. The van der Waals surface area contributed by atoms with E-state index in [1.807, 2.05) is 6.07 Å². The molecule has 0 bridgehead atoms. The second-order valence-electron chi connectivity index (χ2n) is 5.36. The molecule has 1 N–H and O–H groups in total. The molecule has 3 rings (SSSR count). The van der Waals surface area contributed by atoms with Crippen molar-refractivity contribution in [3.05, 3.63) is 94.2 Å². The number of benzene rings is 3. The van der Waals surface area contributed by atoms with Crippen molar-refractivity contribution in [2.24, 2.45) is 0 Å². The van der Waals surface area contributed by atoms with E-state index in [-0.39, 0.29) is 17.2 Å². The highest BCUT2D eigenvalue weighted by molar-refractivity contribution is 9.10. The zero-order valence-electron chi connectivity index (χ0n) is 13.4. The van der Waals surface area contributed by atoms with Gasteiger partial charge in [0, 0.05) is 15.7 Å². The van der Waals surface area contributed by atoms with E-state index in [4.69, 9.17) is 4.74 Å². The Hall–Kier alpha value is -2.99. The van der Waals surface area contributed by atoms with Crippen LogP contribution in [0.3, 0.4) is 0 Å². The Labute approximate surface area is 157 Å². The van der Waals surface area contributed by atoms with Crippen LogP contribution in [0.1, 0.15) is 20.7 Å². The average molecular weight is 414 g/mol. The van der Waals surface area contributed by atoms with Gasteiger partial charge in [-0.25, -0.2) is 9.18 Å². The van der Waals surface area contributed by atoms with E-state index in [0.717, 1.165) is 6.07 Å². The number of ether oxygens (including phenoxy) is 1. The van der Waals surface area contributed by atoms with Gasteiger partial charge in [0.2, 0.25) is 0 Å². The molecular formula is C20H13BrFNO3. The first kappa shape index (κ1) is 17.8. The maximum atomic E-state index is 13.3.